The highest BCUT2D eigenvalue weighted by Gasteiger charge is 2.37. The molecule has 0 radical (unpaired) electrons. The molecule has 1 fully saturated rings. The number of benzene rings is 2. The minimum Gasteiger partial charge on any atom is -0.404 e. The molecule has 2 aromatic carbocycles. The number of rotatable bonds is 2. The summed E-state index contributed by atoms with van der Waals surface area (Å²) in [5.74, 6) is -0.417. The van der Waals surface area contributed by atoms with Gasteiger partial charge in [-0.3, -0.25) is 4.79 Å². The third kappa shape index (κ3) is 2.56. The largest absolute Gasteiger partial charge is 0.427 e. The van der Waals surface area contributed by atoms with Crippen LogP contribution < -0.4 is 4.90 Å². The van der Waals surface area contributed by atoms with Gasteiger partial charge < -0.3 is 4.74 Å². The number of hydrogen-bond donors (Lipinski definition) is 0. The number of nitrogens with zero attached hydrogens (tertiary/aromatic N) is 1. The molecule has 0 saturated carbocycles. The van der Waals surface area contributed by atoms with Crippen LogP contribution >= 0.6 is 0 Å². The Labute approximate surface area is 122 Å². The molecule has 104 valence electrons. The quantitative estimate of drug-likeness (QED) is 0.790. The minimum absolute atomic E-state index is 0.0341. The van der Waals surface area contributed by atoms with E-state index in [-0.39, 0.29) is 5.76 Å². The lowest BCUT2D eigenvalue weighted by atomic mass is 10.2. The number of carbonyl (C=O) groups is 2. The van der Waals surface area contributed by atoms with E-state index in [0.29, 0.717) is 5.69 Å². The van der Waals surface area contributed by atoms with Crippen molar-refractivity contribution in [2.75, 3.05) is 4.90 Å². The number of aryl methyl sites for hydroxylation is 1. The van der Waals surface area contributed by atoms with Crippen LogP contribution in [0.4, 0.5) is 10.5 Å². The van der Waals surface area contributed by atoms with Gasteiger partial charge in [-0.15, -0.1) is 0 Å². The smallest absolute Gasteiger partial charge is 0.404 e. The van der Waals surface area contributed by atoms with Gasteiger partial charge in [-0.2, -0.15) is 0 Å². The lowest BCUT2D eigenvalue weighted by Gasteiger charge is -2.09. The van der Waals surface area contributed by atoms with Crippen LogP contribution in [-0.4, -0.2) is 12.0 Å². The summed E-state index contributed by atoms with van der Waals surface area (Å²) in [6, 6.07) is 16.4. The number of imide groups is 1. The normalized spacial score (nSPS) is 16.4. The average Bonchev–Trinajstić information content (AvgIpc) is 2.76. The molecule has 0 aliphatic carbocycles. The third-order valence-electron chi connectivity index (χ3n) is 3.18. The fourth-order valence-corrected chi connectivity index (χ4v) is 2.08. The Morgan fingerprint density at radius 2 is 1.62 bits per heavy atom. The van der Waals surface area contributed by atoms with E-state index in [1.165, 1.54) is 0 Å². The Kier molecular flexibility index (Phi) is 3.28. The van der Waals surface area contributed by atoms with Gasteiger partial charge in [-0.05, 0) is 30.7 Å². The standard InChI is InChI=1S/C17H13NO3/c1-12-7-9-14(10-8-12)18-16(19)15(21-17(18)20)11-13-5-3-2-4-6-13/h2-11H,1H3/b15-11+. The average molecular weight is 279 g/mol. The monoisotopic (exact) mass is 279 g/mol. The molecule has 1 aliphatic rings. The summed E-state index contributed by atoms with van der Waals surface area (Å²) in [5.41, 5.74) is 2.37. The van der Waals surface area contributed by atoms with Crippen molar-refractivity contribution in [2.45, 2.75) is 6.92 Å². The van der Waals surface area contributed by atoms with Gasteiger partial charge in [0.2, 0.25) is 0 Å². The van der Waals surface area contributed by atoms with E-state index < -0.39 is 12.0 Å². The van der Waals surface area contributed by atoms with E-state index in [0.717, 1.165) is 16.0 Å². The van der Waals surface area contributed by atoms with Crippen molar-refractivity contribution in [1.82, 2.24) is 0 Å². The fraction of sp³-hybridized carbons (Fsp3) is 0.0588. The molecule has 0 spiro atoms. The molecular formula is C17H13NO3. The van der Waals surface area contributed by atoms with Crippen LogP contribution in [0.5, 0.6) is 0 Å². The van der Waals surface area contributed by atoms with Gasteiger partial charge in [-0.1, -0.05) is 48.0 Å². The van der Waals surface area contributed by atoms with Crippen molar-refractivity contribution < 1.29 is 14.3 Å². The molecule has 1 saturated heterocycles. The number of ether oxygens (including phenoxy) is 1. The van der Waals surface area contributed by atoms with Gasteiger partial charge in [0.25, 0.3) is 0 Å². The van der Waals surface area contributed by atoms with Gasteiger partial charge in [0.05, 0.1) is 5.69 Å². The van der Waals surface area contributed by atoms with Crippen LogP contribution in [0.15, 0.2) is 60.4 Å². The maximum Gasteiger partial charge on any atom is 0.427 e. The highest BCUT2D eigenvalue weighted by atomic mass is 16.6. The summed E-state index contributed by atoms with van der Waals surface area (Å²) in [6.45, 7) is 1.94. The SMILES string of the molecule is Cc1ccc(N2C(=O)O/C(=C/c3ccccc3)C2=O)cc1. The van der Waals surface area contributed by atoms with Crippen molar-refractivity contribution in [3.8, 4) is 0 Å². The Hall–Kier alpha value is -2.88. The van der Waals surface area contributed by atoms with Gasteiger partial charge in [0, 0.05) is 0 Å². The lowest BCUT2D eigenvalue weighted by molar-refractivity contribution is -0.114. The molecule has 0 bridgehead atoms. The van der Waals surface area contributed by atoms with Crippen molar-refractivity contribution in [1.29, 1.82) is 0 Å². The zero-order chi connectivity index (χ0) is 14.8. The van der Waals surface area contributed by atoms with Crippen LogP contribution in [0.3, 0.4) is 0 Å². The maximum atomic E-state index is 12.3. The van der Waals surface area contributed by atoms with Crippen molar-refractivity contribution in [3.05, 3.63) is 71.5 Å². The Morgan fingerprint density at radius 3 is 2.29 bits per heavy atom. The summed E-state index contributed by atoms with van der Waals surface area (Å²) in [4.78, 5) is 25.3. The highest BCUT2D eigenvalue weighted by molar-refractivity contribution is 6.24. The summed E-state index contributed by atoms with van der Waals surface area (Å²) in [7, 11) is 0. The summed E-state index contributed by atoms with van der Waals surface area (Å²) < 4.78 is 5.07. The van der Waals surface area contributed by atoms with Crippen LogP contribution in [0.2, 0.25) is 0 Å². The number of cyclic esters (lactones) is 1. The number of anilines is 1. The minimum atomic E-state index is -0.675. The van der Waals surface area contributed by atoms with E-state index in [2.05, 4.69) is 0 Å². The number of carbonyl (C=O) groups excluding carboxylic acids is 2. The predicted molar refractivity (Wildman–Crippen MR) is 79.6 cm³/mol. The molecule has 3 rings (SSSR count). The second-order valence-electron chi connectivity index (χ2n) is 4.76. The molecule has 1 heterocycles. The Bertz CT molecular complexity index is 717. The molecule has 4 heteroatoms. The topological polar surface area (TPSA) is 46.6 Å². The third-order valence-corrected chi connectivity index (χ3v) is 3.18. The molecule has 0 unspecified atom stereocenters. The van der Waals surface area contributed by atoms with Crippen LogP contribution in [-0.2, 0) is 9.53 Å². The molecular weight excluding hydrogens is 266 g/mol. The molecule has 2 amide bonds. The second kappa shape index (κ2) is 5.25. The molecule has 21 heavy (non-hydrogen) atoms. The van der Waals surface area contributed by atoms with E-state index >= 15 is 0 Å². The summed E-state index contributed by atoms with van der Waals surface area (Å²) >= 11 is 0. The van der Waals surface area contributed by atoms with Gasteiger partial charge in [-0.25, -0.2) is 9.69 Å². The molecule has 0 N–H and O–H groups in total. The van der Waals surface area contributed by atoms with Gasteiger partial charge in [0.1, 0.15) is 0 Å². The second-order valence-corrected chi connectivity index (χ2v) is 4.76. The van der Waals surface area contributed by atoms with Crippen LogP contribution in [0.25, 0.3) is 6.08 Å². The van der Waals surface area contributed by atoms with E-state index in [4.69, 9.17) is 4.74 Å². The maximum absolute atomic E-state index is 12.3. The van der Waals surface area contributed by atoms with Crippen molar-refractivity contribution in [2.24, 2.45) is 0 Å². The van der Waals surface area contributed by atoms with Gasteiger partial charge >= 0.3 is 12.0 Å². The molecule has 0 aromatic heterocycles. The first kappa shape index (κ1) is 13.1. The highest BCUT2D eigenvalue weighted by Crippen LogP contribution is 2.26. The van der Waals surface area contributed by atoms with E-state index in [1.54, 1.807) is 18.2 Å². The predicted octanol–water partition coefficient (Wildman–Crippen LogP) is 3.52. The van der Waals surface area contributed by atoms with Crippen LogP contribution in [0, 0.1) is 6.92 Å². The zero-order valence-electron chi connectivity index (χ0n) is 11.4. The van der Waals surface area contributed by atoms with Crippen molar-refractivity contribution in [3.63, 3.8) is 0 Å². The zero-order valence-corrected chi connectivity index (χ0v) is 11.4. The number of hydrogen-bond acceptors (Lipinski definition) is 3. The first-order valence-electron chi connectivity index (χ1n) is 6.55. The first-order valence-corrected chi connectivity index (χ1v) is 6.55. The Morgan fingerprint density at radius 1 is 0.952 bits per heavy atom. The molecule has 0 atom stereocenters. The lowest BCUT2D eigenvalue weighted by Crippen LogP contribution is -2.28. The van der Waals surface area contributed by atoms with E-state index in [9.17, 15) is 9.59 Å². The van der Waals surface area contributed by atoms with Crippen LogP contribution in [0.1, 0.15) is 11.1 Å². The summed E-state index contributed by atoms with van der Waals surface area (Å²) in [5, 5.41) is 0. The first-order chi connectivity index (χ1) is 10.1. The Balaban J connectivity index is 1.92. The summed E-state index contributed by atoms with van der Waals surface area (Å²) in [6.07, 6.45) is 0.889. The van der Waals surface area contributed by atoms with Crippen molar-refractivity contribution >= 4 is 23.8 Å². The molecule has 2 aromatic rings. The number of amides is 2. The molecule has 1 aliphatic heterocycles. The fourth-order valence-electron chi connectivity index (χ4n) is 2.08. The molecule has 4 nitrogen and oxygen atoms in total. The van der Waals surface area contributed by atoms with E-state index in [1.807, 2.05) is 49.4 Å². The van der Waals surface area contributed by atoms with Gasteiger partial charge in [0.15, 0.2) is 5.76 Å².